The first-order valence-electron chi connectivity index (χ1n) is 7.63. The number of carbonyl (C=O) groups excluding carboxylic acids is 1. The Morgan fingerprint density at radius 1 is 1.13 bits per heavy atom. The molecule has 1 fully saturated rings. The zero-order valence-electron chi connectivity index (χ0n) is 13.2. The summed E-state index contributed by atoms with van der Waals surface area (Å²) >= 11 is 0. The predicted octanol–water partition coefficient (Wildman–Crippen LogP) is 1.47. The van der Waals surface area contributed by atoms with Gasteiger partial charge in [0.25, 0.3) is 0 Å². The average Bonchev–Trinajstić information content (AvgIpc) is 2.72. The predicted molar refractivity (Wildman–Crippen MR) is 90.5 cm³/mol. The molecule has 7 heteroatoms. The van der Waals surface area contributed by atoms with Crippen LogP contribution < -0.4 is 4.90 Å². The zero-order chi connectivity index (χ0) is 15.7. The van der Waals surface area contributed by atoms with Gasteiger partial charge in [0.05, 0.1) is 0 Å². The lowest BCUT2D eigenvalue weighted by Gasteiger charge is -2.19. The van der Waals surface area contributed by atoms with Crippen molar-refractivity contribution in [3.63, 3.8) is 0 Å². The number of halogens is 1. The summed E-state index contributed by atoms with van der Waals surface area (Å²) in [7, 11) is 2.13. The van der Waals surface area contributed by atoms with Crippen LogP contribution in [0.25, 0.3) is 0 Å². The summed E-state index contributed by atoms with van der Waals surface area (Å²) in [6.45, 7) is 2.86. The third kappa shape index (κ3) is 3.76. The number of urea groups is 1. The van der Waals surface area contributed by atoms with Crippen LogP contribution in [0.4, 0.5) is 10.5 Å². The summed E-state index contributed by atoms with van der Waals surface area (Å²) < 4.78 is 0. The monoisotopic (exact) mass is 339 g/mol. The van der Waals surface area contributed by atoms with Gasteiger partial charge in [0, 0.05) is 31.9 Å². The highest BCUT2D eigenvalue weighted by atomic mass is 35.5. The van der Waals surface area contributed by atoms with Crippen LogP contribution in [0.2, 0.25) is 0 Å². The van der Waals surface area contributed by atoms with Crippen molar-refractivity contribution in [3.8, 4) is 0 Å². The van der Waals surface area contributed by atoms with Crippen LogP contribution >= 0.6 is 12.4 Å². The molecule has 126 valence electrons. The molecule has 1 aromatic carbocycles. The zero-order valence-corrected chi connectivity index (χ0v) is 14.0. The molecule has 0 bridgehead atoms. The number of fused-ring (bicyclic) bond motifs is 1. The number of amides is 2. The third-order valence-electron chi connectivity index (χ3n) is 4.45. The van der Waals surface area contributed by atoms with Gasteiger partial charge in [-0.2, -0.15) is 0 Å². The van der Waals surface area contributed by atoms with Crippen molar-refractivity contribution in [3.05, 3.63) is 29.3 Å². The molecular weight excluding hydrogens is 318 g/mol. The number of anilines is 1. The molecule has 3 rings (SSSR count). The molecule has 1 aromatic rings. The Morgan fingerprint density at radius 2 is 1.83 bits per heavy atom. The fourth-order valence-corrected chi connectivity index (χ4v) is 3.12. The van der Waals surface area contributed by atoms with Gasteiger partial charge in [0.1, 0.15) is 6.54 Å². The van der Waals surface area contributed by atoms with E-state index in [4.69, 9.17) is 5.11 Å². The summed E-state index contributed by atoms with van der Waals surface area (Å²) in [5.41, 5.74) is 3.52. The normalized spacial score (nSPS) is 18.4. The van der Waals surface area contributed by atoms with Crippen LogP contribution in [0.1, 0.15) is 11.1 Å². The number of benzene rings is 1. The second-order valence-corrected chi connectivity index (χ2v) is 6.01. The lowest BCUT2D eigenvalue weighted by Crippen LogP contribution is -2.35. The molecule has 0 saturated carbocycles. The van der Waals surface area contributed by atoms with E-state index in [-0.39, 0.29) is 25.0 Å². The van der Waals surface area contributed by atoms with E-state index in [9.17, 15) is 9.59 Å². The topological polar surface area (TPSA) is 64.1 Å². The molecule has 1 saturated heterocycles. The Balaban J connectivity index is 0.00000192. The van der Waals surface area contributed by atoms with Gasteiger partial charge >= 0.3 is 12.0 Å². The van der Waals surface area contributed by atoms with Crippen molar-refractivity contribution in [2.75, 3.05) is 44.7 Å². The van der Waals surface area contributed by atoms with Crippen LogP contribution in [0.5, 0.6) is 0 Å². The number of hydrogen-bond donors (Lipinski definition) is 1. The quantitative estimate of drug-likeness (QED) is 0.905. The van der Waals surface area contributed by atoms with E-state index in [1.165, 1.54) is 16.0 Å². The minimum absolute atomic E-state index is 0. The van der Waals surface area contributed by atoms with Gasteiger partial charge in [0.2, 0.25) is 0 Å². The summed E-state index contributed by atoms with van der Waals surface area (Å²) in [6.07, 6.45) is 2.02. The molecule has 1 N–H and O–H groups in total. The first-order chi connectivity index (χ1) is 10.5. The highest BCUT2D eigenvalue weighted by Crippen LogP contribution is 2.25. The lowest BCUT2D eigenvalue weighted by atomic mass is 10.0. The molecule has 0 atom stereocenters. The first kappa shape index (κ1) is 17.6. The van der Waals surface area contributed by atoms with Crippen LogP contribution in [-0.4, -0.2) is 66.7 Å². The number of nitrogens with zero attached hydrogens (tertiary/aromatic N) is 3. The van der Waals surface area contributed by atoms with Crippen molar-refractivity contribution in [1.82, 2.24) is 9.80 Å². The molecule has 0 aromatic heterocycles. The molecule has 0 radical (unpaired) electrons. The minimum Gasteiger partial charge on any atom is -0.480 e. The van der Waals surface area contributed by atoms with Gasteiger partial charge in [-0.05, 0) is 43.1 Å². The summed E-state index contributed by atoms with van der Waals surface area (Å²) in [6, 6.07) is 5.97. The number of carbonyl (C=O) groups is 2. The molecular formula is C16H22ClN3O3. The third-order valence-corrected chi connectivity index (χ3v) is 4.45. The van der Waals surface area contributed by atoms with E-state index in [0.29, 0.717) is 13.1 Å². The molecule has 2 aliphatic heterocycles. The number of carboxylic acids is 1. The molecule has 0 spiro atoms. The van der Waals surface area contributed by atoms with Gasteiger partial charge in [-0.1, -0.05) is 6.07 Å². The van der Waals surface area contributed by atoms with E-state index in [2.05, 4.69) is 24.1 Å². The van der Waals surface area contributed by atoms with Gasteiger partial charge in [-0.3, -0.25) is 9.69 Å². The van der Waals surface area contributed by atoms with Crippen LogP contribution in [-0.2, 0) is 17.6 Å². The van der Waals surface area contributed by atoms with Crippen LogP contribution in [0.3, 0.4) is 0 Å². The highest BCUT2D eigenvalue weighted by molar-refractivity contribution is 5.95. The fraction of sp³-hybridized carbons (Fsp3) is 0.500. The maximum absolute atomic E-state index is 12.3. The maximum atomic E-state index is 12.3. The number of likely N-dealkylation sites (N-methyl/N-ethyl adjacent to an activating group) is 1. The van der Waals surface area contributed by atoms with Crippen molar-refractivity contribution in [2.45, 2.75) is 12.8 Å². The number of carboxylic acid groups (broad SMARTS) is 1. The van der Waals surface area contributed by atoms with Crippen molar-refractivity contribution in [2.24, 2.45) is 0 Å². The molecule has 23 heavy (non-hydrogen) atoms. The standard InChI is InChI=1S/C16H21N3O3.ClH/c1-17-6-4-12-2-3-14(10-13(12)5-7-17)19-9-8-18(16(19)22)11-15(20)21;/h2-3,10H,4-9,11H2,1H3,(H,20,21);1H. The second-order valence-electron chi connectivity index (χ2n) is 6.01. The molecule has 2 amide bonds. The molecule has 6 nitrogen and oxygen atoms in total. The van der Waals surface area contributed by atoms with E-state index < -0.39 is 5.97 Å². The van der Waals surface area contributed by atoms with E-state index >= 15 is 0 Å². The van der Waals surface area contributed by atoms with Crippen molar-refractivity contribution in [1.29, 1.82) is 0 Å². The van der Waals surface area contributed by atoms with Gasteiger partial charge < -0.3 is 14.9 Å². The van der Waals surface area contributed by atoms with Gasteiger partial charge in [0.15, 0.2) is 0 Å². The summed E-state index contributed by atoms with van der Waals surface area (Å²) in [4.78, 5) is 28.5. The number of rotatable bonds is 3. The second kappa shape index (κ2) is 7.19. The van der Waals surface area contributed by atoms with E-state index in [1.807, 2.05) is 6.07 Å². The molecule has 2 aliphatic rings. The van der Waals surface area contributed by atoms with Gasteiger partial charge in [-0.15, -0.1) is 12.4 Å². The molecule has 2 heterocycles. The Bertz CT molecular complexity index is 608. The molecule has 0 aliphatic carbocycles. The smallest absolute Gasteiger partial charge is 0.325 e. The van der Waals surface area contributed by atoms with E-state index in [1.54, 1.807) is 4.90 Å². The van der Waals surface area contributed by atoms with E-state index in [0.717, 1.165) is 31.6 Å². The van der Waals surface area contributed by atoms with Gasteiger partial charge in [-0.25, -0.2) is 4.79 Å². The Kier molecular flexibility index (Phi) is 5.49. The van der Waals surface area contributed by atoms with Crippen LogP contribution in [0.15, 0.2) is 18.2 Å². The average molecular weight is 340 g/mol. The Labute approximate surface area is 142 Å². The first-order valence-corrected chi connectivity index (χ1v) is 7.63. The lowest BCUT2D eigenvalue weighted by molar-refractivity contribution is -0.137. The van der Waals surface area contributed by atoms with Crippen molar-refractivity contribution >= 4 is 30.1 Å². The van der Waals surface area contributed by atoms with Crippen LogP contribution in [0, 0.1) is 0 Å². The Hall–Kier alpha value is -1.79. The largest absolute Gasteiger partial charge is 0.480 e. The summed E-state index contributed by atoms with van der Waals surface area (Å²) in [5, 5.41) is 8.85. The highest BCUT2D eigenvalue weighted by Gasteiger charge is 2.31. The summed E-state index contributed by atoms with van der Waals surface area (Å²) in [5.74, 6) is -0.972. The Morgan fingerprint density at radius 3 is 2.52 bits per heavy atom. The van der Waals surface area contributed by atoms with Crippen molar-refractivity contribution < 1.29 is 14.7 Å². The molecule has 0 unspecified atom stereocenters. The maximum Gasteiger partial charge on any atom is 0.325 e. The SMILES string of the molecule is CN1CCc2ccc(N3CCN(CC(=O)O)C3=O)cc2CC1.Cl. The number of hydrogen-bond acceptors (Lipinski definition) is 3. The fourth-order valence-electron chi connectivity index (χ4n) is 3.12. The minimum atomic E-state index is -0.972. The number of aliphatic carboxylic acids is 1.